The first-order valence-corrected chi connectivity index (χ1v) is 11.9. The third-order valence-electron chi connectivity index (χ3n) is 7.70. The number of aliphatic hydroxyl groups excluding tert-OH is 1. The number of amides is 2. The lowest BCUT2D eigenvalue weighted by atomic mass is 9.93. The third-order valence-corrected chi connectivity index (χ3v) is 7.70. The molecule has 8 heteroatoms. The van der Waals surface area contributed by atoms with E-state index in [1.807, 2.05) is 23.2 Å². The molecule has 3 fully saturated rings. The first kappa shape index (κ1) is 19.8. The number of hydrogen-bond acceptors (Lipinski definition) is 6. The second-order valence-corrected chi connectivity index (χ2v) is 9.70. The van der Waals surface area contributed by atoms with E-state index in [-0.39, 0.29) is 18.2 Å². The first-order valence-electron chi connectivity index (χ1n) is 11.9. The highest BCUT2D eigenvalue weighted by Crippen LogP contribution is 2.48. The van der Waals surface area contributed by atoms with Crippen LogP contribution in [0.25, 0.3) is 0 Å². The van der Waals surface area contributed by atoms with Crippen LogP contribution in [0.15, 0.2) is 30.5 Å². The van der Waals surface area contributed by atoms with Gasteiger partial charge in [0.05, 0.1) is 6.10 Å². The van der Waals surface area contributed by atoms with Crippen LogP contribution in [-0.4, -0.2) is 46.3 Å². The number of rotatable bonds is 4. The maximum absolute atomic E-state index is 12.8. The van der Waals surface area contributed by atoms with Crippen LogP contribution in [0.1, 0.15) is 44.1 Å². The van der Waals surface area contributed by atoms with Gasteiger partial charge in [-0.2, -0.15) is 4.98 Å². The Balaban J connectivity index is 1.20. The van der Waals surface area contributed by atoms with Crippen molar-refractivity contribution < 1.29 is 9.90 Å². The number of nitrogens with one attached hydrogen (secondary N) is 2. The number of benzene rings is 1. The summed E-state index contributed by atoms with van der Waals surface area (Å²) in [6, 6.07) is 8.46. The topological polar surface area (TPSA) is 93.6 Å². The Morgan fingerprint density at radius 1 is 1.06 bits per heavy atom. The van der Waals surface area contributed by atoms with E-state index < -0.39 is 0 Å². The maximum Gasteiger partial charge on any atom is 0.323 e. The number of fused-ring (bicyclic) bond motifs is 3. The van der Waals surface area contributed by atoms with Gasteiger partial charge in [-0.05, 0) is 68.2 Å². The second kappa shape index (κ2) is 7.92. The quantitative estimate of drug-likeness (QED) is 0.683. The van der Waals surface area contributed by atoms with Crippen molar-refractivity contribution in [3.05, 3.63) is 36.0 Å². The summed E-state index contributed by atoms with van der Waals surface area (Å²) in [7, 11) is 0. The summed E-state index contributed by atoms with van der Waals surface area (Å²) >= 11 is 0. The van der Waals surface area contributed by atoms with E-state index in [0.29, 0.717) is 18.4 Å². The monoisotopic (exact) mass is 434 g/mol. The van der Waals surface area contributed by atoms with Gasteiger partial charge < -0.3 is 20.6 Å². The minimum atomic E-state index is -0.172. The van der Waals surface area contributed by atoms with Crippen LogP contribution in [-0.2, 0) is 6.54 Å². The molecule has 0 radical (unpaired) electrons. The standard InChI is InChI=1S/C24H30N6O2/c31-20-7-9-29(10-8-20)19-5-3-18(4-6-19)27-23-25-13-17-14-26-24(32)30(22(17)28-23)21-12-15-1-2-16(21)11-15/h3-6,13,15-16,20-21,31H,1-2,7-12,14H2,(H,26,32)(H,25,27,28). The molecule has 1 aromatic heterocycles. The lowest BCUT2D eigenvalue weighted by Crippen LogP contribution is -2.52. The Morgan fingerprint density at radius 3 is 2.59 bits per heavy atom. The summed E-state index contributed by atoms with van der Waals surface area (Å²) in [5.41, 5.74) is 3.05. The number of hydrogen-bond donors (Lipinski definition) is 3. The van der Waals surface area contributed by atoms with Gasteiger partial charge in [0.1, 0.15) is 5.82 Å². The van der Waals surface area contributed by atoms with E-state index in [2.05, 4.69) is 32.7 Å². The molecule has 2 aliphatic carbocycles. The Labute approximate surface area is 188 Å². The van der Waals surface area contributed by atoms with Crippen LogP contribution >= 0.6 is 0 Å². The molecule has 168 valence electrons. The third kappa shape index (κ3) is 3.56. The Hall–Kier alpha value is -2.87. The molecule has 0 spiro atoms. The number of aliphatic hydroxyl groups is 1. The molecule has 3 atom stereocenters. The predicted octanol–water partition coefficient (Wildman–Crippen LogP) is 3.40. The highest BCUT2D eigenvalue weighted by Gasteiger charge is 2.46. The molecule has 3 N–H and O–H groups in total. The molecule has 2 aliphatic heterocycles. The van der Waals surface area contributed by atoms with Gasteiger partial charge in [-0.3, -0.25) is 4.90 Å². The summed E-state index contributed by atoms with van der Waals surface area (Å²) in [6.45, 7) is 2.23. The molecular formula is C24H30N6O2. The van der Waals surface area contributed by atoms with Crippen molar-refractivity contribution in [2.24, 2.45) is 11.8 Å². The number of urea groups is 1. The van der Waals surface area contributed by atoms with Gasteiger partial charge >= 0.3 is 6.03 Å². The van der Waals surface area contributed by atoms with Crippen LogP contribution in [0.3, 0.4) is 0 Å². The number of carbonyl (C=O) groups is 1. The molecule has 1 saturated heterocycles. The lowest BCUT2D eigenvalue weighted by Gasteiger charge is -2.37. The van der Waals surface area contributed by atoms with E-state index in [1.54, 1.807) is 0 Å². The fourth-order valence-electron chi connectivity index (χ4n) is 5.99. The molecular weight excluding hydrogens is 404 g/mol. The van der Waals surface area contributed by atoms with E-state index in [1.165, 1.54) is 19.3 Å². The van der Waals surface area contributed by atoms with Crippen LogP contribution in [0.4, 0.5) is 27.9 Å². The van der Waals surface area contributed by atoms with Crippen molar-refractivity contribution in [1.29, 1.82) is 0 Å². The fraction of sp³-hybridized carbons (Fsp3) is 0.542. The summed E-state index contributed by atoms with van der Waals surface area (Å²) in [5.74, 6) is 2.61. The molecule has 3 unspecified atom stereocenters. The molecule has 6 rings (SSSR count). The lowest BCUT2D eigenvalue weighted by molar-refractivity contribution is 0.145. The van der Waals surface area contributed by atoms with Crippen LogP contribution in [0.2, 0.25) is 0 Å². The van der Waals surface area contributed by atoms with Crippen molar-refractivity contribution in [2.75, 3.05) is 28.2 Å². The first-order chi connectivity index (χ1) is 15.6. The molecule has 2 aromatic rings. The fourth-order valence-corrected chi connectivity index (χ4v) is 5.99. The molecule has 2 amide bonds. The van der Waals surface area contributed by atoms with E-state index in [9.17, 15) is 9.90 Å². The number of nitrogens with zero attached hydrogens (tertiary/aromatic N) is 4. The predicted molar refractivity (Wildman–Crippen MR) is 123 cm³/mol. The Kier molecular flexibility index (Phi) is 4.90. The number of carbonyl (C=O) groups excluding carboxylic acids is 1. The zero-order valence-electron chi connectivity index (χ0n) is 18.2. The summed E-state index contributed by atoms with van der Waals surface area (Å²) in [5, 5.41) is 16.0. The molecule has 3 heterocycles. The second-order valence-electron chi connectivity index (χ2n) is 9.70. The molecule has 2 bridgehead atoms. The zero-order valence-corrected chi connectivity index (χ0v) is 18.2. The van der Waals surface area contributed by atoms with Gasteiger partial charge in [-0.15, -0.1) is 0 Å². The van der Waals surface area contributed by atoms with Crippen molar-refractivity contribution in [3.63, 3.8) is 0 Å². The highest BCUT2D eigenvalue weighted by atomic mass is 16.3. The van der Waals surface area contributed by atoms with Gasteiger partial charge in [0.25, 0.3) is 0 Å². The summed E-state index contributed by atoms with van der Waals surface area (Å²) < 4.78 is 0. The molecule has 2 saturated carbocycles. The largest absolute Gasteiger partial charge is 0.393 e. The Bertz CT molecular complexity index is 1000. The highest BCUT2D eigenvalue weighted by molar-refractivity contribution is 5.94. The van der Waals surface area contributed by atoms with E-state index >= 15 is 0 Å². The van der Waals surface area contributed by atoms with Crippen molar-refractivity contribution in [2.45, 2.75) is 57.2 Å². The average molecular weight is 435 g/mol. The number of anilines is 4. The Morgan fingerprint density at radius 2 is 1.88 bits per heavy atom. The van der Waals surface area contributed by atoms with Crippen LogP contribution in [0, 0.1) is 11.8 Å². The van der Waals surface area contributed by atoms with Crippen molar-refractivity contribution >= 4 is 29.2 Å². The van der Waals surface area contributed by atoms with E-state index in [4.69, 9.17) is 4.98 Å². The van der Waals surface area contributed by atoms with Crippen molar-refractivity contribution in [1.82, 2.24) is 15.3 Å². The summed E-state index contributed by atoms with van der Waals surface area (Å²) in [4.78, 5) is 26.3. The maximum atomic E-state index is 12.8. The van der Waals surface area contributed by atoms with Gasteiger partial charge in [-0.1, -0.05) is 6.42 Å². The zero-order chi connectivity index (χ0) is 21.7. The van der Waals surface area contributed by atoms with Gasteiger partial charge in [-0.25, -0.2) is 9.78 Å². The van der Waals surface area contributed by atoms with Gasteiger partial charge in [0.2, 0.25) is 5.95 Å². The van der Waals surface area contributed by atoms with Crippen LogP contribution < -0.4 is 20.4 Å². The minimum Gasteiger partial charge on any atom is -0.393 e. The van der Waals surface area contributed by atoms with Crippen molar-refractivity contribution in [3.8, 4) is 0 Å². The van der Waals surface area contributed by atoms with Crippen LogP contribution in [0.5, 0.6) is 0 Å². The molecule has 8 nitrogen and oxygen atoms in total. The molecule has 32 heavy (non-hydrogen) atoms. The minimum absolute atomic E-state index is 0.0318. The molecule has 1 aromatic carbocycles. The normalized spacial score (nSPS) is 27.4. The van der Waals surface area contributed by atoms with E-state index in [0.717, 1.165) is 61.0 Å². The van der Waals surface area contributed by atoms with Gasteiger partial charge in [0, 0.05) is 48.8 Å². The SMILES string of the molecule is O=C1NCc2cnc(Nc3ccc(N4CCC(O)CC4)cc3)nc2N1C1CC2CCC1C2. The number of piperidine rings is 1. The molecule has 4 aliphatic rings. The smallest absolute Gasteiger partial charge is 0.323 e. The van der Waals surface area contributed by atoms with Gasteiger partial charge in [0.15, 0.2) is 0 Å². The number of aromatic nitrogens is 2. The summed E-state index contributed by atoms with van der Waals surface area (Å²) in [6.07, 6.45) is 8.13. The average Bonchev–Trinajstić information content (AvgIpc) is 3.44.